The predicted octanol–water partition coefficient (Wildman–Crippen LogP) is 2.91. The summed E-state index contributed by atoms with van der Waals surface area (Å²) in [6, 6.07) is 12.0. The molecule has 0 spiro atoms. The maximum absolute atomic E-state index is 12.4. The third-order valence-electron chi connectivity index (χ3n) is 5.84. The first kappa shape index (κ1) is 20.2. The van der Waals surface area contributed by atoms with Crippen LogP contribution in [0.3, 0.4) is 0 Å². The van der Waals surface area contributed by atoms with Gasteiger partial charge in [-0.2, -0.15) is 9.36 Å². The molecule has 0 radical (unpaired) electrons. The zero-order valence-electron chi connectivity index (χ0n) is 17.7. The van der Waals surface area contributed by atoms with E-state index in [1.54, 1.807) is 13.1 Å². The molecule has 7 nitrogen and oxygen atoms in total. The number of aliphatic hydroxyl groups excluding tert-OH is 1. The second kappa shape index (κ2) is 8.36. The topological polar surface area (TPSA) is 85.3 Å². The Kier molecular flexibility index (Phi) is 5.63. The fourth-order valence-electron chi connectivity index (χ4n) is 4.14. The molecule has 1 atom stereocenters. The van der Waals surface area contributed by atoms with Gasteiger partial charge in [0.1, 0.15) is 0 Å². The summed E-state index contributed by atoms with van der Waals surface area (Å²) in [6.07, 6.45) is 4.28. The Hall–Kier alpha value is -3.06. The fraction of sp³-hybridized carbons (Fsp3) is 0.391. The van der Waals surface area contributed by atoms with Crippen LogP contribution in [-0.4, -0.2) is 30.6 Å². The zero-order valence-corrected chi connectivity index (χ0v) is 17.7. The minimum Gasteiger partial charge on any atom is -0.368 e. The van der Waals surface area contributed by atoms with Crippen LogP contribution in [0.15, 0.2) is 46.2 Å². The SMILES string of the molecule is CCc1cccc(-n2nnn(C)c2=O)c1C(O)N=C(C)c1ccc2c(c1)CCCC2. The number of aromatic nitrogens is 4. The Labute approximate surface area is 175 Å². The van der Waals surface area contributed by atoms with Gasteiger partial charge >= 0.3 is 5.69 Å². The van der Waals surface area contributed by atoms with E-state index in [2.05, 4.69) is 33.6 Å². The fourth-order valence-corrected chi connectivity index (χ4v) is 4.14. The van der Waals surface area contributed by atoms with E-state index in [0.29, 0.717) is 17.7 Å². The second-order valence-electron chi connectivity index (χ2n) is 7.78. The minimum atomic E-state index is -1.11. The van der Waals surface area contributed by atoms with Gasteiger partial charge in [0.2, 0.25) is 0 Å². The second-order valence-corrected chi connectivity index (χ2v) is 7.78. The predicted molar refractivity (Wildman–Crippen MR) is 116 cm³/mol. The summed E-state index contributed by atoms with van der Waals surface area (Å²) in [6.45, 7) is 3.92. The van der Waals surface area contributed by atoms with E-state index in [1.165, 1.54) is 28.7 Å². The average molecular weight is 406 g/mol. The molecule has 156 valence electrons. The van der Waals surface area contributed by atoms with E-state index < -0.39 is 6.23 Å². The molecule has 4 rings (SSSR count). The van der Waals surface area contributed by atoms with Gasteiger partial charge in [0.15, 0.2) is 6.23 Å². The van der Waals surface area contributed by atoms with Gasteiger partial charge in [-0.25, -0.2) is 4.79 Å². The molecule has 0 fully saturated rings. The van der Waals surface area contributed by atoms with Gasteiger partial charge in [0.25, 0.3) is 0 Å². The van der Waals surface area contributed by atoms with Gasteiger partial charge in [0.05, 0.1) is 5.69 Å². The van der Waals surface area contributed by atoms with Crippen molar-refractivity contribution in [3.05, 3.63) is 74.7 Å². The van der Waals surface area contributed by atoms with Crippen molar-refractivity contribution in [2.45, 2.75) is 52.2 Å². The van der Waals surface area contributed by atoms with Crippen molar-refractivity contribution in [3.63, 3.8) is 0 Å². The first-order valence-electron chi connectivity index (χ1n) is 10.5. The number of hydrogen-bond acceptors (Lipinski definition) is 5. The van der Waals surface area contributed by atoms with Crippen LogP contribution >= 0.6 is 0 Å². The Balaban J connectivity index is 1.75. The van der Waals surface area contributed by atoms with E-state index in [0.717, 1.165) is 34.4 Å². The molecule has 0 amide bonds. The molecule has 1 heterocycles. The lowest BCUT2D eigenvalue weighted by atomic mass is 9.90. The molecule has 1 N–H and O–H groups in total. The molecule has 0 bridgehead atoms. The molecule has 3 aromatic rings. The third-order valence-corrected chi connectivity index (χ3v) is 5.84. The normalized spacial score (nSPS) is 15.1. The monoisotopic (exact) mass is 405 g/mol. The summed E-state index contributed by atoms with van der Waals surface area (Å²) in [7, 11) is 1.55. The Bertz CT molecular complexity index is 1160. The Morgan fingerprint density at radius 2 is 1.93 bits per heavy atom. The number of aryl methyl sites for hydroxylation is 4. The van der Waals surface area contributed by atoms with Crippen LogP contribution in [0.25, 0.3) is 5.69 Å². The molecule has 0 saturated carbocycles. The molecule has 1 unspecified atom stereocenters. The molecule has 7 heteroatoms. The molecule has 2 aromatic carbocycles. The molecular weight excluding hydrogens is 378 g/mol. The number of aliphatic hydroxyl groups is 1. The standard InChI is InChI=1S/C23H27N5O2/c1-4-16-10-7-11-20(28-23(30)27(3)25-26-28)21(16)22(29)24-15(2)18-13-12-17-8-5-6-9-19(17)14-18/h7,10-14,22,29H,4-6,8-9H2,1-3H3. The zero-order chi connectivity index (χ0) is 21.3. The van der Waals surface area contributed by atoms with Crippen LogP contribution in [-0.2, 0) is 26.3 Å². The molecule has 1 aliphatic rings. The van der Waals surface area contributed by atoms with Gasteiger partial charge in [-0.15, -0.1) is 0 Å². The van der Waals surface area contributed by atoms with E-state index in [-0.39, 0.29) is 5.69 Å². The highest BCUT2D eigenvalue weighted by Gasteiger charge is 2.20. The number of benzene rings is 2. The van der Waals surface area contributed by atoms with Crippen LogP contribution in [0.5, 0.6) is 0 Å². The summed E-state index contributed by atoms with van der Waals surface area (Å²) >= 11 is 0. The van der Waals surface area contributed by atoms with Gasteiger partial charge in [0, 0.05) is 18.3 Å². The summed E-state index contributed by atoms with van der Waals surface area (Å²) < 4.78 is 2.37. The highest BCUT2D eigenvalue weighted by molar-refractivity contribution is 5.99. The van der Waals surface area contributed by atoms with Crippen molar-refractivity contribution >= 4 is 5.71 Å². The van der Waals surface area contributed by atoms with Crippen molar-refractivity contribution in [2.75, 3.05) is 0 Å². The van der Waals surface area contributed by atoms with E-state index >= 15 is 0 Å². The van der Waals surface area contributed by atoms with Crippen LogP contribution in [0.1, 0.15) is 60.7 Å². The lowest BCUT2D eigenvalue weighted by Crippen LogP contribution is -2.23. The van der Waals surface area contributed by atoms with Gasteiger partial charge < -0.3 is 5.11 Å². The van der Waals surface area contributed by atoms with Gasteiger partial charge in [-0.3, -0.25) is 4.99 Å². The molecule has 1 aromatic heterocycles. The molecule has 1 aliphatic carbocycles. The summed E-state index contributed by atoms with van der Waals surface area (Å²) in [5.41, 5.74) is 6.21. The largest absolute Gasteiger partial charge is 0.368 e. The van der Waals surface area contributed by atoms with Crippen molar-refractivity contribution in [1.29, 1.82) is 0 Å². The minimum absolute atomic E-state index is 0.368. The number of aliphatic imine (C=N–C) groups is 1. The maximum Gasteiger partial charge on any atom is 0.368 e. The summed E-state index contributed by atoms with van der Waals surface area (Å²) in [5.74, 6) is 0. The summed E-state index contributed by atoms with van der Waals surface area (Å²) in [4.78, 5) is 17.0. The molecular formula is C23H27N5O2. The van der Waals surface area contributed by atoms with Crippen molar-refractivity contribution in [2.24, 2.45) is 12.0 Å². The van der Waals surface area contributed by atoms with Crippen LogP contribution in [0.2, 0.25) is 0 Å². The van der Waals surface area contributed by atoms with Crippen LogP contribution in [0, 0.1) is 0 Å². The highest BCUT2D eigenvalue weighted by Crippen LogP contribution is 2.28. The van der Waals surface area contributed by atoms with Crippen LogP contribution < -0.4 is 5.69 Å². The van der Waals surface area contributed by atoms with E-state index in [1.807, 2.05) is 26.0 Å². The van der Waals surface area contributed by atoms with Gasteiger partial charge in [-0.1, -0.05) is 31.2 Å². The number of rotatable bonds is 5. The lowest BCUT2D eigenvalue weighted by molar-refractivity contribution is 0.187. The maximum atomic E-state index is 12.4. The molecule has 0 aliphatic heterocycles. The third kappa shape index (κ3) is 3.73. The summed E-state index contributed by atoms with van der Waals surface area (Å²) in [5, 5.41) is 18.8. The Morgan fingerprint density at radius 3 is 2.63 bits per heavy atom. The number of nitrogens with zero attached hydrogens (tertiary/aromatic N) is 5. The first-order valence-corrected chi connectivity index (χ1v) is 10.5. The smallest absolute Gasteiger partial charge is 0.368 e. The van der Waals surface area contributed by atoms with Gasteiger partial charge in [-0.05, 0) is 83.8 Å². The molecule has 30 heavy (non-hydrogen) atoms. The first-order chi connectivity index (χ1) is 14.5. The number of tetrazole rings is 1. The number of fused-ring (bicyclic) bond motifs is 1. The average Bonchev–Trinajstić information content (AvgIpc) is 3.10. The number of hydrogen-bond donors (Lipinski definition) is 1. The van der Waals surface area contributed by atoms with Crippen molar-refractivity contribution < 1.29 is 5.11 Å². The van der Waals surface area contributed by atoms with Crippen LogP contribution in [0.4, 0.5) is 0 Å². The quantitative estimate of drug-likeness (QED) is 0.662. The van der Waals surface area contributed by atoms with E-state index in [4.69, 9.17) is 0 Å². The van der Waals surface area contributed by atoms with Crippen molar-refractivity contribution in [3.8, 4) is 5.69 Å². The van der Waals surface area contributed by atoms with E-state index in [9.17, 15) is 9.90 Å². The van der Waals surface area contributed by atoms with Crippen molar-refractivity contribution in [1.82, 2.24) is 19.8 Å². The lowest BCUT2D eigenvalue weighted by Gasteiger charge is -2.18. The molecule has 0 saturated heterocycles. The highest BCUT2D eigenvalue weighted by atomic mass is 16.3. The Morgan fingerprint density at radius 1 is 1.17 bits per heavy atom.